The van der Waals surface area contributed by atoms with Crippen molar-refractivity contribution in [2.45, 2.75) is 13.1 Å². The minimum atomic E-state index is -4.30. The number of nitrogens with zero attached hydrogens (tertiary/aromatic N) is 1. The van der Waals surface area contributed by atoms with Crippen LogP contribution in [0.1, 0.15) is 12.5 Å². The first kappa shape index (κ1) is 12.8. The van der Waals surface area contributed by atoms with Gasteiger partial charge in [0.25, 0.3) is 0 Å². The molecule has 1 aromatic carbocycles. The number of anilines is 1. The summed E-state index contributed by atoms with van der Waals surface area (Å²) in [5, 5.41) is 8.79. The maximum atomic E-state index is 12.3. The summed E-state index contributed by atoms with van der Waals surface area (Å²) in [6.45, 7) is 2.93. The molecule has 2 nitrogen and oxygen atoms in total. The molecule has 0 radical (unpaired) electrons. The summed E-state index contributed by atoms with van der Waals surface area (Å²) in [4.78, 5) is 1.81. The average Bonchev–Trinajstić information content (AvgIpc) is 2.25. The van der Waals surface area contributed by atoms with Crippen LogP contribution < -0.4 is 4.90 Å². The topological polar surface area (TPSA) is 23.5 Å². The summed E-state index contributed by atoms with van der Waals surface area (Å²) in [6.07, 6.45) is -4.30. The third-order valence-electron chi connectivity index (χ3n) is 2.31. The van der Waals surface area contributed by atoms with Crippen molar-refractivity contribution >= 4 is 5.69 Å². The van der Waals surface area contributed by atoms with E-state index in [9.17, 15) is 13.2 Å². The molecule has 0 spiro atoms. The van der Waals surface area contributed by atoms with Crippen LogP contribution in [0.2, 0.25) is 0 Å². The number of benzene rings is 1. The molecule has 0 aliphatic carbocycles. The summed E-state index contributed by atoms with van der Waals surface area (Å²) in [5.74, 6) is 0. The predicted molar refractivity (Wildman–Crippen MR) is 56.4 cm³/mol. The van der Waals surface area contributed by atoms with Crippen LogP contribution in [0.3, 0.4) is 0 Å². The Morgan fingerprint density at radius 3 is 2.12 bits per heavy atom. The molecule has 1 aromatic rings. The molecule has 0 atom stereocenters. The first-order valence-electron chi connectivity index (χ1n) is 5.02. The third kappa shape index (κ3) is 3.13. The largest absolute Gasteiger partial charge is 0.416 e. The highest BCUT2D eigenvalue weighted by molar-refractivity contribution is 5.47. The lowest BCUT2D eigenvalue weighted by atomic mass is 10.2. The highest BCUT2D eigenvalue weighted by Crippen LogP contribution is 2.30. The second-order valence-electron chi connectivity index (χ2n) is 3.35. The fourth-order valence-corrected chi connectivity index (χ4v) is 1.45. The van der Waals surface area contributed by atoms with E-state index < -0.39 is 11.7 Å². The van der Waals surface area contributed by atoms with E-state index in [1.807, 2.05) is 6.92 Å². The molecule has 1 rings (SSSR count). The minimum absolute atomic E-state index is 0.0190. The van der Waals surface area contributed by atoms with Gasteiger partial charge >= 0.3 is 6.18 Å². The lowest BCUT2D eigenvalue weighted by Crippen LogP contribution is -2.26. The van der Waals surface area contributed by atoms with Gasteiger partial charge in [0.1, 0.15) is 0 Å². The molecule has 5 heteroatoms. The summed E-state index contributed by atoms with van der Waals surface area (Å²) in [5.41, 5.74) is 0.0286. The van der Waals surface area contributed by atoms with Crippen LogP contribution in [-0.4, -0.2) is 24.8 Å². The number of hydrogen-bond donors (Lipinski definition) is 1. The Morgan fingerprint density at radius 2 is 1.75 bits per heavy atom. The Morgan fingerprint density at radius 1 is 1.19 bits per heavy atom. The van der Waals surface area contributed by atoms with E-state index in [0.717, 1.165) is 12.1 Å². The second-order valence-corrected chi connectivity index (χ2v) is 3.35. The van der Waals surface area contributed by atoms with E-state index in [1.165, 1.54) is 12.1 Å². The molecule has 0 fully saturated rings. The first-order chi connectivity index (χ1) is 7.49. The normalized spacial score (nSPS) is 11.6. The van der Waals surface area contributed by atoms with Crippen LogP contribution in [0.25, 0.3) is 0 Å². The van der Waals surface area contributed by atoms with E-state index in [2.05, 4.69) is 0 Å². The minimum Gasteiger partial charge on any atom is -0.395 e. The van der Waals surface area contributed by atoms with Crippen LogP contribution in [0, 0.1) is 0 Å². The zero-order valence-electron chi connectivity index (χ0n) is 8.96. The van der Waals surface area contributed by atoms with Crippen molar-refractivity contribution in [3.63, 3.8) is 0 Å². The average molecular weight is 233 g/mol. The highest BCUT2D eigenvalue weighted by Gasteiger charge is 2.30. The standard InChI is InChI=1S/C11H14F3NO/c1-2-15(7-8-16)10-5-3-9(4-6-10)11(12,13)14/h3-6,16H,2,7-8H2,1H3. The molecule has 90 valence electrons. The summed E-state index contributed by atoms with van der Waals surface area (Å²) >= 11 is 0. The van der Waals surface area contributed by atoms with Crippen molar-refractivity contribution in [1.82, 2.24) is 0 Å². The van der Waals surface area contributed by atoms with Crippen molar-refractivity contribution in [2.24, 2.45) is 0 Å². The number of halogens is 3. The predicted octanol–water partition coefficient (Wildman–Crippen LogP) is 2.52. The Kier molecular flexibility index (Phi) is 4.18. The Hall–Kier alpha value is -1.23. The third-order valence-corrected chi connectivity index (χ3v) is 2.31. The Balaban J connectivity index is 2.85. The van der Waals surface area contributed by atoms with E-state index >= 15 is 0 Å². The fraction of sp³-hybridized carbons (Fsp3) is 0.455. The van der Waals surface area contributed by atoms with Gasteiger partial charge in [-0.2, -0.15) is 13.2 Å². The van der Waals surface area contributed by atoms with Gasteiger partial charge in [-0.1, -0.05) is 0 Å². The van der Waals surface area contributed by atoms with Crippen LogP contribution in [0.5, 0.6) is 0 Å². The molecular weight excluding hydrogens is 219 g/mol. The van der Waals surface area contributed by atoms with Crippen molar-refractivity contribution in [3.05, 3.63) is 29.8 Å². The van der Waals surface area contributed by atoms with Gasteiger partial charge in [0.15, 0.2) is 0 Å². The maximum Gasteiger partial charge on any atom is 0.416 e. The monoisotopic (exact) mass is 233 g/mol. The van der Waals surface area contributed by atoms with Crippen molar-refractivity contribution in [1.29, 1.82) is 0 Å². The molecule has 1 N–H and O–H groups in total. The Labute approximate surface area is 92.3 Å². The number of likely N-dealkylation sites (N-methyl/N-ethyl adjacent to an activating group) is 1. The maximum absolute atomic E-state index is 12.3. The fourth-order valence-electron chi connectivity index (χ4n) is 1.45. The molecule has 16 heavy (non-hydrogen) atoms. The second kappa shape index (κ2) is 5.21. The van der Waals surface area contributed by atoms with Crippen LogP contribution >= 0.6 is 0 Å². The summed E-state index contributed by atoms with van der Waals surface area (Å²) in [6, 6.07) is 4.94. The molecule has 0 unspecified atom stereocenters. The van der Waals surface area contributed by atoms with Gasteiger partial charge < -0.3 is 10.0 Å². The quantitative estimate of drug-likeness (QED) is 0.863. The van der Waals surface area contributed by atoms with Crippen LogP contribution in [-0.2, 0) is 6.18 Å². The van der Waals surface area contributed by atoms with E-state index in [4.69, 9.17) is 5.11 Å². The van der Waals surface area contributed by atoms with Gasteiger partial charge in [-0.25, -0.2) is 0 Å². The van der Waals surface area contributed by atoms with Gasteiger partial charge in [0, 0.05) is 18.8 Å². The molecule has 0 saturated carbocycles. The zero-order chi connectivity index (χ0) is 12.2. The van der Waals surface area contributed by atoms with E-state index in [1.54, 1.807) is 4.90 Å². The first-order valence-corrected chi connectivity index (χ1v) is 5.02. The van der Waals surface area contributed by atoms with Crippen molar-refractivity contribution < 1.29 is 18.3 Å². The molecule has 0 aliphatic heterocycles. The molecule has 0 amide bonds. The highest BCUT2D eigenvalue weighted by atomic mass is 19.4. The van der Waals surface area contributed by atoms with Crippen molar-refractivity contribution in [3.8, 4) is 0 Å². The van der Waals surface area contributed by atoms with Gasteiger partial charge in [0.05, 0.1) is 12.2 Å². The molecular formula is C11H14F3NO. The Bertz CT molecular complexity index is 321. The van der Waals surface area contributed by atoms with Gasteiger partial charge in [0.2, 0.25) is 0 Å². The lowest BCUT2D eigenvalue weighted by Gasteiger charge is -2.22. The van der Waals surface area contributed by atoms with Crippen LogP contribution in [0.15, 0.2) is 24.3 Å². The molecule has 0 saturated heterocycles. The summed E-state index contributed by atoms with van der Waals surface area (Å²) in [7, 11) is 0. The number of alkyl halides is 3. The van der Waals surface area contributed by atoms with E-state index in [0.29, 0.717) is 18.8 Å². The van der Waals surface area contributed by atoms with E-state index in [-0.39, 0.29) is 6.61 Å². The summed E-state index contributed by atoms with van der Waals surface area (Å²) < 4.78 is 36.9. The lowest BCUT2D eigenvalue weighted by molar-refractivity contribution is -0.137. The van der Waals surface area contributed by atoms with Gasteiger partial charge in [-0.15, -0.1) is 0 Å². The van der Waals surface area contributed by atoms with Crippen LogP contribution in [0.4, 0.5) is 18.9 Å². The number of hydrogen-bond acceptors (Lipinski definition) is 2. The molecule has 0 aromatic heterocycles. The van der Waals surface area contributed by atoms with Crippen molar-refractivity contribution in [2.75, 3.05) is 24.6 Å². The smallest absolute Gasteiger partial charge is 0.395 e. The SMILES string of the molecule is CCN(CCO)c1ccc(C(F)(F)F)cc1. The zero-order valence-corrected chi connectivity index (χ0v) is 8.96. The molecule has 0 bridgehead atoms. The molecule has 0 heterocycles. The number of aliphatic hydroxyl groups excluding tert-OH is 1. The molecule has 0 aliphatic rings. The van der Waals surface area contributed by atoms with Gasteiger partial charge in [-0.05, 0) is 31.2 Å². The number of aliphatic hydroxyl groups is 1. The van der Waals surface area contributed by atoms with Gasteiger partial charge in [-0.3, -0.25) is 0 Å². The number of rotatable bonds is 4.